The normalized spacial score (nSPS) is 29.2. The minimum absolute atomic E-state index is 0.244. The van der Waals surface area contributed by atoms with Gasteiger partial charge in [0, 0.05) is 0 Å². The zero-order valence-electron chi connectivity index (χ0n) is 7.19. The second kappa shape index (κ2) is 3.62. The molecule has 1 aliphatic rings. The monoisotopic (exact) mass is 182 g/mol. The van der Waals surface area contributed by atoms with Gasteiger partial charge in [-0.15, -0.1) is 0 Å². The molecule has 0 aromatic heterocycles. The number of aliphatic hydroxyl groups is 1. The quantitative estimate of drug-likeness (QED) is 0.468. The van der Waals surface area contributed by atoms with Gasteiger partial charge in [0.05, 0.1) is 5.92 Å². The van der Waals surface area contributed by atoms with E-state index in [4.69, 9.17) is 0 Å². The standard InChI is InChI=1S/C9H10O4/c1-2-3-4-5-6(10)8(12)9(13)7(5)11/h2-3,5-6,10H,4H2,1H3. The van der Waals surface area contributed by atoms with Crippen molar-refractivity contribution < 1.29 is 19.5 Å². The fourth-order valence-corrected chi connectivity index (χ4v) is 1.27. The second-order valence-corrected chi connectivity index (χ2v) is 2.91. The molecule has 1 rings (SSSR count). The van der Waals surface area contributed by atoms with Gasteiger partial charge in [-0.1, -0.05) is 12.2 Å². The van der Waals surface area contributed by atoms with Crippen molar-refractivity contribution >= 4 is 17.3 Å². The van der Waals surface area contributed by atoms with E-state index in [-0.39, 0.29) is 6.42 Å². The van der Waals surface area contributed by atoms with Crippen LogP contribution in [0.3, 0.4) is 0 Å². The summed E-state index contributed by atoms with van der Waals surface area (Å²) in [5.74, 6) is -3.67. The van der Waals surface area contributed by atoms with Crippen LogP contribution in [0.5, 0.6) is 0 Å². The van der Waals surface area contributed by atoms with Crippen molar-refractivity contribution in [1.82, 2.24) is 0 Å². The molecule has 1 saturated carbocycles. The molecular formula is C9H10O4. The Morgan fingerprint density at radius 2 is 1.92 bits per heavy atom. The highest BCUT2D eigenvalue weighted by atomic mass is 16.3. The number of aliphatic hydroxyl groups excluding tert-OH is 1. The lowest BCUT2D eigenvalue weighted by molar-refractivity contribution is -0.141. The Morgan fingerprint density at radius 1 is 1.31 bits per heavy atom. The summed E-state index contributed by atoms with van der Waals surface area (Å²) in [6.45, 7) is 1.76. The number of hydrogen-bond donors (Lipinski definition) is 1. The van der Waals surface area contributed by atoms with Crippen molar-refractivity contribution in [2.24, 2.45) is 5.92 Å². The Morgan fingerprint density at radius 3 is 2.31 bits per heavy atom. The largest absolute Gasteiger partial charge is 0.384 e. The summed E-state index contributed by atoms with van der Waals surface area (Å²) in [6.07, 6.45) is 2.16. The average Bonchev–Trinajstić information content (AvgIpc) is 2.30. The molecule has 0 radical (unpaired) electrons. The third kappa shape index (κ3) is 1.58. The second-order valence-electron chi connectivity index (χ2n) is 2.91. The van der Waals surface area contributed by atoms with Gasteiger partial charge in [-0.05, 0) is 13.3 Å². The lowest BCUT2D eigenvalue weighted by Crippen LogP contribution is -2.22. The Hall–Kier alpha value is -1.29. The Bertz CT molecular complexity index is 290. The van der Waals surface area contributed by atoms with Crippen LogP contribution in [0.4, 0.5) is 0 Å². The molecule has 0 saturated heterocycles. The summed E-state index contributed by atoms with van der Waals surface area (Å²) >= 11 is 0. The van der Waals surface area contributed by atoms with Gasteiger partial charge in [-0.25, -0.2) is 0 Å². The van der Waals surface area contributed by atoms with E-state index in [2.05, 4.69) is 0 Å². The lowest BCUT2D eigenvalue weighted by Gasteiger charge is -2.06. The van der Waals surface area contributed by atoms with Crippen LogP contribution in [0.2, 0.25) is 0 Å². The predicted molar refractivity (Wildman–Crippen MR) is 43.9 cm³/mol. The molecule has 0 aromatic carbocycles. The van der Waals surface area contributed by atoms with Gasteiger partial charge >= 0.3 is 0 Å². The number of carbonyl (C=O) groups is 3. The molecule has 4 nitrogen and oxygen atoms in total. The molecule has 0 spiro atoms. The van der Waals surface area contributed by atoms with Crippen molar-refractivity contribution in [2.45, 2.75) is 19.4 Å². The molecule has 0 amide bonds. The molecule has 13 heavy (non-hydrogen) atoms. The van der Waals surface area contributed by atoms with Gasteiger partial charge in [-0.2, -0.15) is 0 Å². The molecule has 70 valence electrons. The van der Waals surface area contributed by atoms with Crippen molar-refractivity contribution in [3.8, 4) is 0 Å². The molecule has 2 unspecified atom stereocenters. The maximum atomic E-state index is 11.1. The molecule has 2 atom stereocenters. The lowest BCUT2D eigenvalue weighted by atomic mass is 10.0. The summed E-state index contributed by atoms with van der Waals surface area (Å²) in [5, 5.41) is 9.20. The Kier molecular flexibility index (Phi) is 2.72. The van der Waals surface area contributed by atoms with E-state index < -0.39 is 29.4 Å². The first-order valence-electron chi connectivity index (χ1n) is 4.01. The zero-order valence-corrected chi connectivity index (χ0v) is 7.19. The van der Waals surface area contributed by atoms with E-state index >= 15 is 0 Å². The topological polar surface area (TPSA) is 71.4 Å². The number of allylic oxidation sites excluding steroid dienone is 2. The van der Waals surface area contributed by atoms with Gasteiger partial charge in [0.25, 0.3) is 5.78 Å². The van der Waals surface area contributed by atoms with Gasteiger partial charge < -0.3 is 5.11 Å². The van der Waals surface area contributed by atoms with Crippen molar-refractivity contribution in [2.75, 3.05) is 0 Å². The Balaban J connectivity index is 2.81. The SMILES string of the molecule is CC=CCC1C(=O)C(=O)C(=O)C1O. The molecule has 4 heteroatoms. The number of carbonyl (C=O) groups excluding carboxylic acids is 3. The number of Topliss-reactive ketones (excluding diaryl/α,β-unsaturated/α-hetero) is 3. The van der Waals surface area contributed by atoms with E-state index in [1.54, 1.807) is 19.1 Å². The van der Waals surface area contributed by atoms with Gasteiger partial charge in [-0.3, -0.25) is 14.4 Å². The highest BCUT2D eigenvalue weighted by molar-refractivity contribution is 6.68. The molecule has 1 aliphatic carbocycles. The molecular weight excluding hydrogens is 172 g/mol. The number of hydrogen-bond acceptors (Lipinski definition) is 4. The van der Waals surface area contributed by atoms with E-state index in [1.165, 1.54) is 0 Å². The summed E-state index contributed by atoms with van der Waals surface area (Å²) in [7, 11) is 0. The summed E-state index contributed by atoms with van der Waals surface area (Å²) in [6, 6.07) is 0. The highest BCUT2D eigenvalue weighted by Crippen LogP contribution is 2.20. The fraction of sp³-hybridized carbons (Fsp3) is 0.444. The first-order valence-corrected chi connectivity index (χ1v) is 4.01. The van der Waals surface area contributed by atoms with Gasteiger partial charge in [0.2, 0.25) is 11.6 Å². The van der Waals surface area contributed by atoms with Crippen LogP contribution in [-0.2, 0) is 14.4 Å². The smallest absolute Gasteiger partial charge is 0.267 e. The van der Waals surface area contributed by atoms with Crippen LogP contribution >= 0.6 is 0 Å². The summed E-state index contributed by atoms with van der Waals surface area (Å²) in [5.41, 5.74) is 0. The van der Waals surface area contributed by atoms with Crippen LogP contribution in [-0.4, -0.2) is 28.6 Å². The zero-order chi connectivity index (χ0) is 10.0. The third-order valence-electron chi connectivity index (χ3n) is 2.06. The van der Waals surface area contributed by atoms with E-state index in [0.717, 1.165) is 0 Å². The van der Waals surface area contributed by atoms with Gasteiger partial charge in [0.15, 0.2) is 0 Å². The minimum atomic E-state index is -1.43. The fourth-order valence-electron chi connectivity index (χ4n) is 1.27. The minimum Gasteiger partial charge on any atom is -0.384 e. The molecule has 0 heterocycles. The van der Waals surface area contributed by atoms with Crippen LogP contribution in [0.1, 0.15) is 13.3 Å². The molecule has 0 aromatic rings. The molecule has 0 aliphatic heterocycles. The maximum absolute atomic E-state index is 11.1. The molecule has 0 bridgehead atoms. The maximum Gasteiger partial charge on any atom is 0.267 e. The first-order chi connectivity index (χ1) is 6.09. The van der Waals surface area contributed by atoms with Crippen LogP contribution in [0.25, 0.3) is 0 Å². The highest BCUT2D eigenvalue weighted by Gasteiger charge is 2.47. The number of rotatable bonds is 2. The van der Waals surface area contributed by atoms with E-state index in [1.807, 2.05) is 0 Å². The van der Waals surface area contributed by atoms with Gasteiger partial charge in [0.1, 0.15) is 6.10 Å². The third-order valence-corrected chi connectivity index (χ3v) is 2.06. The summed E-state index contributed by atoms with van der Waals surface area (Å²) < 4.78 is 0. The van der Waals surface area contributed by atoms with Crippen LogP contribution in [0.15, 0.2) is 12.2 Å². The van der Waals surface area contributed by atoms with Crippen molar-refractivity contribution in [3.63, 3.8) is 0 Å². The molecule has 1 N–H and O–H groups in total. The van der Waals surface area contributed by atoms with E-state index in [9.17, 15) is 19.5 Å². The Labute approximate surface area is 75.2 Å². The number of ketones is 3. The summed E-state index contributed by atoms with van der Waals surface area (Å²) in [4.78, 5) is 32.7. The first kappa shape index (κ1) is 9.80. The van der Waals surface area contributed by atoms with Crippen molar-refractivity contribution in [3.05, 3.63) is 12.2 Å². The molecule has 1 fully saturated rings. The van der Waals surface area contributed by atoms with E-state index in [0.29, 0.717) is 0 Å². The van der Waals surface area contributed by atoms with Crippen LogP contribution in [0, 0.1) is 5.92 Å². The average molecular weight is 182 g/mol. The van der Waals surface area contributed by atoms with Crippen LogP contribution < -0.4 is 0 Å². The van der Waals surface area contributed by atoms with Crippen molar-refractivity contribution in [1.29, 1.82) is 0 Å². The predicted octanol–water partition coefficient (Wildman–Crippen LogP) is -0.349.